The Bertz CT molecular complexity index is 930. The van der Waals surface area contributed by atoms with E-state index in [1.165, 1.54) is 18.2 Å². The molecule has 6 nitrogen and oxygen atoms in total. The summed E-state index contributed by atoms with van der Waals surface area (Å²) in [5.74, 6) is -4.78. The van der Waals surface area contributed by atoms with E-state index in [0.717, 1.165) is 18.2 Å². The number of benzene rings is 2. The van der Waals surface area contributed by atoms with E-state index in [1.54, 1.807) is 19.9 Å². The summed E-state index contributed by atoms with van der Waals surface area (Å²) in [5, 5.41) is 7.50. The highest BCUT2D eigenvalue weighted by atomic mass is 19.1. The fraction of sp³-hybridized carbons (Fsp3) is 0.318. The molecule has 9 heteroatoms. The summed E-state index contributed by atoms with van der Waals surface area (Å²) < 4.78 is 40.7. The van der Waals surface area contributed by atoms with Gasteiger partial charge in [0.25, 0.3) is 5.91 Å². The molecule has 0 fully saturated rings. The van der Waals surface area contributed by atoms with Gasteiger partial charge in [0.2, 0.25) is 11.8 Å². The Morgan fingerprint density at radius 1 is 0.903 bits per heavy atom. The zero-order chi connectivity index (χ0) is 23.0. The molecule has 0 aliphatic rings. The second-order valence-electron chi connectivity index (χ2n) is 7.24. The number of hydrogen-bond donors (Lipinski definition) is 3. The van der Waals surface area contributed by atoms with Crippen LogP contribution in [0.5, 0.6) is 0 Å². The van der Waals surface area contributed by atoms with E-state index < -0.39 is 40.9 Å². The van der Waals surface area contributed by atoms with Crippen LogP contribution in [0.2, 0.25) is 0 Å². The molecular weight excluding hydrogens is 411 g/mol. The van der Waals surface area contributed by atoms with Crippen LogP contribution in [-0.2, 0) is 16.0 Å². The number of nitrogens with one attached hydrogen (secondary N) is 3. The Morgan fingerprint density at radius 2 is 1.52 bits per heavy atom. The van der Waals surface area contributed by atoms with E-state index in [-0.39, 0.29) is 31.3 Å². The van der Waals surface area contributed by atoms with Gasteiger partial charge in [-0.1, -0.05) is 32.0 Å². The molecule has 3 amide bonds. The maximum Gasteiger partial charge on any atom is 0.257 e. The zero-order valence-corrected chi connectivity index (χ0v) is 17.2. The molecule has 0 aliphatic heterocycles. The van der Waals surface area contributed by atoms with Crippen molar-refractivity contribution in [2.24, 2.45) is 5.92 Å². The van der Waals surface area contributed by atoms with Gasteiger partial charge in [-0.25, -0.2) is 13.2 Å². The van der Waals surface area contributed by atoms with Crippen LogP contribution in [0.4, 0.5) is 13.2 Å². The molecule has 0 saturated carbocycles. The fourth-order valence-corrected chi connectivity index (χ4v) is 2.86. The first-order valence-electron chi connectivity index (χ1n) is 9.72. The van der Waals surface area contributed by atoms with Crippen LogP contribution in [0.1, 0.15) is 29.8 Å². The van der Waals surface area contributed by atoms with Crippen molar-refractivity contribution < 1.29 is 27.6 Å². The molecule has 166 valence electrons. The summed E-state index contributed by atoms with van der Waals surface area (Å²) in [5.41, 5.74) is -0.241. The first-order chi connectivity index (χ1) is 14.7. The van der Waals surface area contributed by atoms with Gasteiger partial charge in [-0.2, -0.15) is 0 Å². The smallest absolute Gasteiger partial charge is 0.257 e. The van der Waals surface area contributed by atoms with Gasteiger partial charge in [-0.15, -0.1) is 0 Å². The number of halogens is 3. The van der Waals surface area contributed by atoms with Crippen molar-refractivity contribution in [3.63, 3.8) is 0 Å². The van der Waals surface area contributed by atoms with E-state index in [1.807, 2.05) is 0 Å². The third kappa shape index (κ3) is 7.13. The van der Waals surface area contributed by atoms with Crippen LogP contribution in [0, 0.1) is 23.4 Å². The Hall–Kier alpha value is -3.36. The second-order valence-corrected chi connectivity index (χ2v) is 7.24. The van der Waals surface area contributed by atoms with Crippen molar-refractivity contribution in [2.45, 2.75) is 26.3 Å². The summed E-state index contributed by atoms with van der Waals surface area (Å²) in [4.78, 5) is 36.6. The molecule has 0 unspecified atom stereocenters. The Kier molecular flexibility index (Phi) is 8.60. The predicted molar refractivity (Wildman–Crippen MR) is 109 cm³/mol. The van der Waals surface area contributed by atoms with E-state index in [2.05, 4.69) is 16.0 Å². The number of carbonyl (C=O) groups is 3. The maximum atomic E-state index is 13.8. The minimum atomic E-state index is -1.03. The van der Waals surface area contributed by atoms with Gasteiger partial charge < -0.3 is 16.0 Å². The predicted octanol–water partition coefficient (Wildman–Crippen LogP) is 2.33. The van der Waals surface area contributed by atoms with Crippen LogP contribution in [0.15, 0.2) is 42.5 Å². The number of carbonyl (C=O) groups excluding carboxylic acids is 3. The van der Waals surface area contributed by atoms with E-state index in [0.29, 0.717) is 5.56 Å². The standard InChI is InChI=1S/C22H24F3N3O3/c1-13(2)20(28-21(30)19-16(24)7-4-8-17(19)25)22(31)27-10-9-26-18(29)12-14-5-3-6-15(23)11-14/h3-8,11,13,20H,9-10,12H2,1-2H3,(H,26,29)(H,27,31)(H,28,30)/t20-/m0/s1. The Morgan fingerprint density at radius 3 is 2.13 bits per heavy atom. The lowest BCUT2D eigenvalue weighted by molar-refractivity contribution is -0.124. The van der Waals surface area contributed by atoms with Crippen molar-refractivity contribution in [3.05, 3.63) is 71.0 Å². The molecular formula is C22H24F3N3O3. The molecule has 0 aliphatic carbocycles. The molecule has 2 aromatic carbocycles. The van der Waals surface area contributed by atoms with Crippen LogP contribution < -0.4 is 16.0 Å². The largest absolute Gasteiger partial charge is 0.354 e. The van der Waals surface area contributed by atoms with Crippen LogP contribution in [-0.4, -0.2) is 36.9 Å². The molecule has 0 saturated heterocycles. The normalized spacial score (nSPS) is 11.7. The highest BCUT2D eigenvalue weighted by molar-refractivity contribution is 5.98. The third-order valence-corrected chi connectivity index (χ3v) is 4.43. The van der Waals surface area contributed by atoms with Crippen LogP contribution in [0.3, 0.4) is 0 Å². The van der Waals surface area contributed by atoms with Gasteiger partial charge >= 0.3 is 0 Å². The molecule has 0 aromatic heterocycles. The van der Waals surface area contributed by atoms with E-state index in [4.69, 9.17) is 0 Å². The minimum Gasteiger partial charge on any atom is -0.354 e. The topological polar surface area (TPSA) is 87.3 Å². The van der Waals surface area contributed by atoms with Gasteiger partial charge in [0.15, 0.2) is 0 Å². The number of hydrogen-bond acceptors (Lipinski definition) is 3. The van der Waals surface area contributed by atoms with Crippen LogP contribution in [0.25, 0.3) is 0 Å². The molecule has 2 rings (SSSR count). The molecule has 0 bridgehead atoms. The van der Waals surface area contributed by atoms with Crippen LogP contribution >= 0.6 is 0 Å². The molecule has 0 spiro atoms. The summed E-state index contributed by atoms with van der Waals surface area (Å²) in [7, 11) is 0. The summed E-state index contributed by atoms with van der Waals surface area (Å²) in [6.45, 7) is 3.52. The Labute approximate surface area is 178 Å². The van der Waals surface area contributed by atoms with Gasteiger partial charge in [0, 0.05) is 13.1 Å². The van der Waals surface area contributed by atoms with Crippen molar-refractivity contribution in [1.29, 1.82) is 0 Å². The molecule has 1 atom stereocenters. The quantitative estimate of drug-likeness (QED) is 0.529. The van der Waals surface area contributed by atoms with Gasteiger partial charge in [0.1, 0.15) is 29.1 Å². The fourth-order valence-electron chi connectivity index (χ4n) is 2.86. The van der Waals surface area contributed by atoms with Crippen molar-refractivity contribution in [2.75, 3.05) is 13.1 Å². The molecule has 2 aromatic rings. The van der Waals surface area contributed by atoms with Crippen molar-refractivity contribution >= 4 is 17.7 Å². The number of rotatable bonds is 9. The molecule has 3 N–H and O–H groups in total. The van der Waals surface area contributed by atoms with Gasteiger partial charge in [-0.3, -0.25) is 14.4 Å². The highest BCUT2D eigenvalue weighted by Gasteiger charge is 2.27. The first kappa shape index (κ1) is 23.9. The van der Waals surface area contributed by atoms with E-state index >= 15 is 0 Å². The zero-order valence-electron chi connectivity index (χ0n) is 17.2. The SMILES string of the molecule is CC(C)[C@H](NC(=O)c1c(F)cccc1F)C(=O)NCCNC(=O)Cc1cccc(F)c1. The van der Waals surface area contributed by atoms with Gasteiger partial charge in [-0.05, 0) is 35.7 Å². The second kappa shape index (κ2) is 11.1. The summed E-state index contributed by atoms with van der Waals surface area (Å²) in [6, 6.07) is 7.68. The monoisotopic (exact) mass is 435 g/mol. The maximum absolute atomic E-state index is 13.8. The first-order valence-corrected chi connectivity index (χ1v) is 9.72. The highest BCUT2D eigenvalue weighted by Crippen LogP contribution is 2.13. The average molecular weight is 435 g/mol. The molecule has 0 heterocycles. The lowest BCUT2D eigenvalue weighted by Crippen LogP contribution is -2.51. The molecule has 0 radical (unpaired) electrons. The van der Waals surface area contributed by atoms with E-state index in [9.17, 15) is 27.6 Å². The van der Waals surface area contributed by atoms with Gasteiger partial charge in [0.05, 0.1) is 6.42 Å². The third-order valence-electron chi connectivity index (χ3n) is 4.43. The summed E-state index contributed by atoms with van der Waals surface area (Å²) >= 11 is 0. The average Bonchev–Trinajstić information content (AvgIpc) is 2.69. The number of amides is 3. The minimum absolute atomic E-state index is 0.00934. The molecule has 31 heavy (non-hydrogen) atoms. The van der Waals surface area contributed by atoms with Crippen molar-refractivity contribution in [3.8, 4) is 0 Å². The van der Waals surface area contributed by atoms with Crippen molar-refractivity contribution in [1.82, 2.24) is 16.0 Å². The lowest BCUT2D eigenvalue weighted by atomic mass is 10.0. The Balaban J connectivity index is 1.84. The lowest BCUT2D eigenvalue weighted by Gasteiger charge is -2.22. The summed E-state index contributed by atoms with van der Waals surface area (Å²) in [6.07, 6.45) is -0.00934.